The highest BCUT2D eigenvalue weighted by molar-refractivity contribution is 9.10. The third-order valence-corrected chi connectivity index (χ3v) is 4.17. The molecule has 0 bridgehead atoms. The van der Waals surface area contributed by atoms with E-state index in [1.54, 1.807) is 49.4 Å². The van der Waals surface area contributed by atoms with Crippen LogP contribution in [0.15, 0.2) is 53.3 Å². The molecule has 0 aliphatic heterocycles. The van der Waals surface area contributed by atoms with Crippen LogP contribution in [0.1, 0.15) is 6.92 Å². The Morgan fingerprint density at radius 2 is 2.04 bits per heavy atom. The van der Waals surface area contributed by atoms with Gasteiger partial charge < -0.3 is 10.1 Å². The maximum absolute atomic E-state index is 12.3. The van der Waals surface area contributed by atoms with Crippen LogP contribution in [0.5, 0.6) is 5.75 Å². The summed E-state index contributed by atoms with van der Waals surface area (Å²) >= 11 is 9.25. The van der Waals surface area contributed by atoms with E-state index in [0.29, 0.717) is 20.9 Å². The zero-order valence-corrected chi connectivity index (χ0v) is 15.4. The number of carbonyl (C=O) groups excluding carboxylic acids is 1. The number of rotatable bonds is 5. The summed E-state index contributed by atoms with van der Waals surface area (Å²) in [6.07, 6.45) is 0.810. The van der Waals surface area contributed by atoms with Gasteiger partial charge in [-0.2, -0.15) is 0 Å². The van der Waals surface area contributed by atoms with Crippen LogP contribution in [0.2, 0.25) is 5.02 Å². The highest BCUT2D eigenvalue weighted by Gasteiger charge is 2.16. The minimum absolute atomic E-state index is 0.267. The number of halogens is 2. The molecule has 0 fully saturated rings. The monoisotopic (exact) mass is 421 g/mol. The van der Waals surface area contributed by atoms with Crippen molar-refractivity contribution in [3.8, 4) is 11.4 Å². The Balaban J connectivity index is 1.63. The number of tetrazole rings is 1. The third kappa shape index (κ3) is 4.34. The van der Waals surface area contributed by atoms with Gasteiger partial charge in [0.05, 0.1) is 10.2 Å². The van der Waals surface area contributed by atoms with Crippen LogP contribution in [0, 0.1) is 0 Å². The molecule has 3 aromatic rings. The van der Waals surface area contributed by atoms with Crippen LogP contribution in [0.3, 0.4) is 0 Å². The van der Waals surface area contributed by atoms with Gasteiger partial charge in [-0.05, 0) is 75.7 Å². The molecular weight excluding hydrogens is 410 g/mol. The van der Waals surface area contributed by atoms with E-state index >= 15 is 0 Å². The first kappa shape index (κ1) is 17.4. The number of nitrogens with zero attached hydrogens (tertiary/aromatic N) is 4. The molecule has 0 saturated carbocycles. The SMILES string of the molecule is CC(Oc1ccc(Cl)cc1Br)C(=O)Nc1ccc(-n2cnnn2)cc1. The Bertz CT molecular complexity index is 871. The first-order valence-electron chi connectivity index (χ1n) is 7.29. The van der Waals surface area contributed by atoms with Crippen molar-refractivity contribution in [2.24, 2.45) is 0 Å². The summed E-state index contributed by atoms with van der Waals surface area (Å²) in [6, 6.07) is 12.2. The molecule has 128 valence electrons. The van der Waals surface area contributed by atoms with E-state index in [0.717, 1.165) is 5.69 Å². The molecule has 2 aromatic carbocycles. The fraction of sp³-hybridized carbons (Fsp3) is 0.125. The van der Waals surface area contributed by atoms with Crippen LogP contribution >= 0.6 is 27.5 Å². The van der Waals surface area contributed by atoms with Gasteiger partial charge in [-0.25, -0.2) is 4.68 Å². The van der Waals surface area contributed by atoms with E-state index in [2.05, 4.69) is 36.8 Å². The van der Waals surface area contributed by atoms with Gasteiger partial charge in [0.2, 0.25) is 0 Å². The minimum Gasteiger partial charge on any atom is -0.480 e. The molecule has 1 aromatic heterocycles. The summed E-state index contributed by atoms with van der Waals surface area (Å²) in [5, 5.41) is 14.3. The third-order valence-electron chi connectivity index (χ3n) is 3.32. The first-order valence-corrected chi connectivity index (χ1v) is 8.46. The quantitative estimate of drug-likeness (QED) is 0.681. The Labute approximate surface area is 157 Å². The van der Waals surface area contributed by atoms with Crippen molar-refractivity contribution in [1.29, 1.82) is 0 Å². The number of ether oxygens (including phenoxy) is 1. The Kier molecular flexibility index (Phi) is 5.30. The van der Waals surface area contributed by atoms with Crippen molar-refractivity contribution in [2.45, 2.75) is 13.0 Å². The van der Waals surface area contributed by atoms with Crippen molar-refractivity contribution >= 4 is 39.1 Å². The lowest BCUT2D eigenvalue weighted by molar-refractivity contribution is -0.122. The Morgan fingerprint density at radius 3 is 2.68 bits per heavy atom. The van der Waals surface area contributed by atoms with Crippen LogP contribution < -0.4 is 10.1 Å². The molecule has 1 unspecified atom stereocenters. The largest absolute Gasteiger partial charge is 0.480 e. The van der Waals surface area contributed by atoms with Gasteiger partial charge in [0.1, 0.15) is 12.1 Å². The molecule has 1 amide bonds. The van der Waals surface area contributed by atoms with Crippen molar-refractivity contribution in [3.63, 3.8) is 0 Å². The lowest BCUT2D eigenvalue weighted by Gasteiger charge is -2.16. The van der Waals surface area contributed by atoms with E-state index in [9.17, 15) is 4.79 Å². The number of anilines is 1. The molecule has 0 spiro atoms. The van der Waals surface area contributed by atoms with Gasteiger partial charge >= 0.3 is 0 Å². The predicted octanol–water partition coefficient (Wildman–Crippen LogP) is 3.48. The highest BCUT2D eigenvalue weighted by Crippen LogP contribution is 2.28. The average molecular weight is 423 g/mol. The maximum atomic E-state index is 12.3. The molecule has 0 saturated heterocycles. The average Bonchev–Trinajstić information content (AvgIpc) is 3.12. The van der Waals surface area contributed by atoms with Gasteiger partial charge in [0.25, 0.3) is 5.91 Å². The van der Waals surface area contributed by atoms with Crippen molar-refractivity contribution in [3.05, 3.63) is 58.3 Å². The van der Waals surface area contributed by atoms with Crippen LogP contribution in [-0.4, -0.2) is 32.2 Å². The van der Waals surface area contributed by atoms with Gasteiger partial charge in [-0.15, -0.1) is 5.10 Å². The van der Waals surface area contributed by atoms with E-state index in [-0.39, 0.29) is 5.91 Å². The van der Waals surface area contributed by atoms with Crippen LogP contribution in [-0.2, 0) is 4.79 Å². The summed E-state index contributed by atoms with van der Waals surface area (Å²) in [6.45, 7) is 1.67. The number of hydrogen-bond donors (Lipinski definition) is 1. The zero-order valence-electron chi connectivity index (χ0n) is 13.1. The standard InChI is InChI=1S/C16H13BrClN5O2/c1-10(25-15-7-2-11(18)8-14(15)17)16(24)20-12-3-5-13(6-4-12)23-9-19-21-22-23/h2-10H,1H3,(H,20,24). The number of hydrogen-bond acceptors (Lipinski definition) is 5. The molecule has 0 aliphatic carbocycles. The number of carbonyl (C=O) groups is 1. The topological polar surface area (TPSA) is 81.9 Å². The second kappa shape index (κ2) is 7.62. The number of aromatic nitrogens is 4. The molecule has 0 aliphatic rings. The molecule has 3 rings (SSSR count). The summed E-state index contributed by atoms with van der Waals surface area (Å²) in [5.41, 5.74) is 1.44. The van der Waals surface area contributed by atoms with E-state index in [1.165, 1.54) is 11.0 Å². The molecule has 9 heteroatoms. The summed E-state index contributed by atoms with van der Waals surface area (Å²) in [7, 11) is 0. The first-order chi connectivity index (χ1) is 12.0. The Morgan fingerprint density at radius 1 is 1.28 bits per heavy atom. The zero-order chi connectivity index (χ0) is 17.8. The second-order valence-electron chi connectivity index (χ2n) is 5.13. The van der Waals surface area contributed by atoms with Crippen molar-refractivity contribution in [2.75, 3.05) is 5.32 Å². The predicted molar refractivity (Wildman–Crippen MR) is 97.0 cm³/mol. The molecule has 1 atom stereocenters. The van der Waals surface area contributed by atoms with Crippen molar-refractivity contribution in [1.82, 2.24) is 20.2 Å². The van der Waals surface area contributed by atoms with Gasteiger partial charge in [0.15, 0.2) is 6.10 Å². The second-order valence-corrected chi connectivity index (χ2v) is 6.42. The smallest absolute Gasteiger partial charge is 0.265 e. The van der Waals surface area contributed by atoms with E-state index in [4.69, 9.17) is 16.3 Å². The summed E-state index contributed by atoms with van der Waals surface area (Å²) in [4.78, 5) is 12.3. The molecular formula is C16H13BrClN5O2. The molecule has 0 radical (unpaired) electrons. The number of benzene rings is 2. The summed E-state index contributed by atoms with van der Waals surface area (Å²) < 4.78 is 7.88. The van der Waals surface area contributed by atoms with E-state index < -0.39 is 6.10 Å². The highest BCUT2D eigenvalue weighted by atomic mass is 79.9. The molecule has 7 nitrogen and oxygen atoms in total. The van der Waals surface area contributed by atoms with Gasteiger partial charge in [-0.3, -0.25) is 4.79 Å². The molecule has 1 N–H and O–H groups in total. The minimum atomic E-state index is -0.684. The lowest BCUT2D eigenvalue weighted by atomic mass is 10.2. The maximum Gasteiger partial charge on any atom is 0.265 e. The molecule has 25 heavy (non-hydrogen) atoms. The van der Waals surface area contributed by atoms with E-state index in [1.807, 2.05) is 0 Å². The Hall–Kier alpha value is -2.45. The fourth-order valence-corrected chi connectivity index (χ4v) is 2.81. The normalized spacial score (nSPS) is 11.8. The number of amides is 1. The van der Waals surface area contributed by atoms with Crippen molar-refractivity contribution < 1.29 is 9.53 Å². The molecule has 1 heterocycles. The number of nitrogens with one attached hydrogen (secondary N) is 1. The van der Waals surface area contributed by atoms with Crippen LogP contribution in [0.25, 0.3) is 5.69 Å². The summed E-state index contributed by atoms with van der Waals surface area (Å²) in [5.74, 6) is 0.276. The fourth-order valence-electron chi connectivity index (χ4n) is 2.04. The van der Waals surface area contributed by atoms with Crippen LogP contribution in [0.4, 0.5) is 5.69 Å². The lowest BCUT2D eigenvalue weighted by Crippen LogP contribution is -2.30. The van der Waals surface area contributed by atoms with Gasteiger partial charge in [-0.1, -0.05) is 11.6 Å². The van der Waals surface area contributed by atoms with Gasteiger partial charge in [0, 0.05) is 10.7 Å².